The molecule has 2 N–H and O–H groups in total. The average Bonchev–Trinajstić information content (AvgIpc) is 2.39. The number of rotatable bonds is 4. The number of sulfone groups is 1. The molecule has 0 heterocycles. The molecule has 0 radical (unpaired) electrons. The summed E-state index contributed by atoms with van der Waals surface area (Å²) >= 11 is 0. The zero-order valence-electron chi connectivity index (χ0n) is 11.4. The Hall–Kier alpha value is -1.84. The van der Waals surface area contributed by atoms with Gasteiger partial charge in [0.05, 0.1) is 12.3 Å². The van der Waals surface area contributed by atoms with Crippen molar-refractivity contribution in [1.82, 2.24) is 0 Å². The van der Waals surface area contributed by atoms with E-state index < -0.39 is 21.0 Å². The molecule has 5 nitrogen and oxygen atoms in total. The lowest BCUT2D eigenvalue weighted by Gasteiger charge is -2.11. The first kappa shape index (κ1) is 16.2. The number of nitrogens with one attached hydrogen (secondary N) is 1. The van der Waals surface area contributed by atoms with Crippen LogP contribution in [0.2, 0.25) is 0 Å². The van der Waals surface area contributed by atoms with Crippen LogP contribution in [0.3, 0.4) is 0 Å². The quantitative estimate of drug-likeness (QED) is 0.805. The lowest BCUT2D eigenvalue weighted by Crippen LogP contribution is -2.32. The Balaban J connectivity index is 2.94. The highest BCUT2D eigenvalue weighted by Gasteiger charge is 2.23. The predicted molar refractivity (Wildman–Crippen MR) is 78.0 cm³/mol. The van der Waals surface area contributed by atoms with Gasteiger partial charge in [-0.25, -0.2) is 8.42 Å². The molecule has 0 aromatic heterocycles. The van der Waals surface area contributed by atoms with Crippen molar-refractivity contribution in [1.29, 1.82) is 0 Å². The number of benzene rings is 1. The molecule has 1 atom stereocenters. The van der Waals surface area contributed by atoms with Crippen LogP contribution in [-0.4, -0.2) is 37.5 Å². The third-order valence-corrected chi connectivity index (χ3v) is 4.15. The number of anilines is 1. The van der Waals surface area contributed by atoms with E-state index in [1.54, 1.807) is 24.3 Å². The van der Waals surface area contributed by atoms with Crippen molar-refractivity contribution in [3.63, 3.8) is 0 Å². The lowest BCUT2D eigenvalue weighted by atomic mass is 10.1. The van der Waals surface area contributed by atoms with Crippen LogP contribution >= 0.6 is 0 Å². The Morgan fingerprint density at radius 3 is 2.65 bits per heavy atom. The minimum absolute atomic E-state index is 0.0351. The number of aliphatic hydroxyl groups excluding tert-OH is 1. The van der Waals surface area contributed by atoms with E-state index in [-0.39, 0.29) is 6.61 Å². The number of para-hydroxylation sites is 1. The number of hydrogen-bond donors (Lipinski definition) is 2. The van der Waals surface area contributed by atoms with Crippen LogP contribution in [0.15, 0.2) is 24.3 Å². The summed E-state index contributed by atoms with van der Waals surface area (Å²) in [5, 5.41) is 10.1. The van der Waals surface area contributed by atoms with E-state index in [1.807, 2.05) is 0 Å². The van der Waals surface area contributed by atoms with Gasteiger partial charge < -0.3 is 10.4 Å². The maximum absolute atomic E-state index is 11.9. The second-order valence-corrected chi connectivity index (χ2v) is 6.65. The monoisotopic (exact) mass is 295 g/mol. The van der Waals surface area contributed by atoms with Crippen LogP contribution in [0.25, 0.3) is 0 Å². The van der Waals surface area contributed by atoms with E-state index in [0.717, 1.165) is 6.26 Å². The summed E-state index contributed by atoms with van der Waals surface area (Å²) in [6, 6.07) is 6.84. The molecular formula is C14H17NO4S. The van der Waals surface area contributed by atoms with Gasteiger partial charge in [0.2, 0.25) is 5.91 Å². The number of amides is 1. The number of carbonyl (C=O) groups excluding carboxylic acids is 1. The third kappa shape index (κ3) is 4.68. The predicted octanol–water partition coefficient (Wildman–Crippen LogP) is 0.792. The summed E-state index contributed by atoms with van der Waals surface area (Å²) in [5.41, 5.74) is 1.04. The Labute approximate surface area is 118 Å². The molecule has 108 valence electrons. The summed E-state index contributed by atoms with van der Waals surface area (Å²) in [7, 11) is -3.44. The summed E-state index contributed by atoms with van der Waals surface area (Å²) < 4.78 is 22.7. The van der Waals surface area contributed by atoms with Gasteiger partial charge in [0.25, 0.3) is 0 Å². The van der Waals surface area contributed by atoms with Gasteiger partial charge in [-0.1, -0.05) is 24.0 Å². The van der Waals surface area contributed by atoms with Gasteiger partial charge in [-0.05, 0) is 19.1 Å². The van der Waals surface area contributed by atoms with E-state index in [0.29, 0.717) is 17.7 Å². The molecule has 0 fully saturated rings. The molecule has 0 bridgehead atoms. The van der Waals surface area contributed by atoms with Gasteiger partial charge in [-0.2, -0.15) is 0 Å². The van der Waals surface area contributed by atoms with E-state index in [2.05, 4.69) is 17.2 Å². The van der Waals surface area contributed by atoms with Crippen LogP contribution in [0.5, 0.6) is 0 Å². The molecule has 1 unspecified atom stereocenters. The van der Waals surface area contributed by atoms with Crippen molar-refractivity contribution < 1.29 is 18.3 Å². The molecule has 1 rings (SSSR count). The highest BCUT2D eigenvalue weighted by atomic mass is 32.2. The molecule has 1 aromatic rings. The largest absolute Gasteiger partial charge is 0.395 e. The molecule has 0 saturated heterocycles. The molecule has 0 aliphatic rings. The SMILES string of the molecule is CC(C(=O)Nc1ccccc1C#CCCO)S(C)(=O)=O. The summed E-state index contributed by atoms with van der Waals surface area (Å²) in [5.74, 6) is 4.98. The van der Waals surface area contributed by atoms with Crippen molar-refractivity contribution in [2.24, 2.45) is 0 Å². The van der Waals surface area contributed by atoms with Crippen molar-refractivity contribution in [3.05, 3.63) is 29.8 Å². The first-order valence-corrected chi connectivity index (χ1v) is 8.00. The second kappa shape index (κ2) is 7.08. The molecule has 1 amide bonds. The number of carbonyl (C=O) groups is 1. The fourth-order valence-electron chi connectivity index (χ4n) is 1.34. The van der Waals surface area contributed by atoms with Crippen LogP contribution < -0.4 is 5.32 Å². The molecule has 0 aliphatic carbocycles. The Morgan fingerprint density at radius 1 is 1.40 bits per heavy atom. The molecule has 0 saturated carbocycles. The van der Waals surface area contributed by atoms with Gasteiger partial charge in [-0.3, -0.25) is 4.79 Å². The summed E-state index contributed by atoms with van der Waals surface area (Å²) in [6.45, 7) is 1.30. The standard InChI is InChI=1S/C14H17NO4S/c1-11(20(2,18)19)14(17)15-13-9-4-3-7-12(13)8-5-6-10-16/h3-4,7,9,11,16H,6,10H2,1-2H3,(H,15,17). The highest BCUT2D eigenvalue weighted by molar-refractivity contribution is 7.92. The smallest absolute Gasteiger partial charge is 0.242 e. The van der Waals surface area contributed by atoms with Gasteiger partial charge >= 0.3 is 0 Å². The molecule has 6 heteroatoms. The van der Waals surface area contributed by atoms with Gasteiger partial charge in [0, 0.05) is 18.2 Å². The highest BCUT2D eigenvalue weighted by Crippen LogP contribution is 2.15. The molecule has 0 aliphatic heterocycles. The Kier molecular flexibility index (Phi) is 5.74. The fourth-order valence-corrected chi connectivity index (χ4v) is 1.79. The third-order valence-electron chi connectivity index (χ3n) is 2.66. The minimum Gasteiger partial charge on any atom is -0.395 e. The summed E-state index contributed by atoms with van der Waals surface area (Å²) in [4.78, 5) is 11.9. The Morgan fingerprint density at radius 2 is 2.05 bits per heavy atom. The van der Waals surface area contributed by atoms with E-state index >= 15 is 0 Å². The molecule has 1 aromatic carbocycles. The van der Waals surface area contributed by atoms with Gasteiger partial charge in [0.15, 0.2) is 9.84 Å². The Bertz CT molecular complexity index is 641. The van der Waals surface area contributed by atoms with Crippen molar-refractivity contribution in [2.45, 2.75) is 18.6 Å². The van der Waals surface area contributed by atoms with Gasteiger partial charge in [-0.15, -0.1) is 0 Å². The van der Waals surface area contributed by atoms with E-state index in [4.69, 9.17) is 5.11 Å². The number of hydrogen-bond acceptors (Lipinski definition) is 4. The minimum atomic E-state index is -3.44. The van der Waals surface area contributed by atoms with Crippen LogP contribution in [0.4, 0.5) is 5.69 Å². The summed E-state index contributed by atoms with van der Waals surface area (Å²) in [6.07, 6.45) is 1.35. The average molecular weight is 295 g/mol. The maximum atomic E-state index is 11.9. The van der Waals surface area contributed by atoms with Gasteiger partial charge in [0.1, 0.15) is 5.25 Å². The van der Waals surface area contributed by atoms with Crippen LogP contribution in [-0.2, 0) is 14.6 Å². The second-order valence-electron chi connectivity index (χ2n) is 4.28. The lowest BCUT2D eigenvalue weighted by molar-refractivity contribution is -0.115. The normalized spacial score (nSPS) is 12.2. The van der Waals surface area contributed by atoms with Crippen LogP contribution in [0.1, 0.15) is 18.9 Å². The fraction of sp³-hybridized carbons (Fsp3) is 0.357. The van der Waals surface area contributed by atoms with E-state index in [1.165, 1.54) is 6.92 Å². The van der Waals surface area contributed by atoms with Crippen LogP contribution in [0, 0.1) is 11.8 Å². The topological polar surface area (TPSA) is 83.5 Å². The van der Waals surface area contributed by atoms with Crippen molar-refractivity contribution in [2.75, 3.05) is 18.2 Å². The molecule has 0 spiro atoms. The zero-order valence-corrected chi connectivity index (χ0v) is 12.2. The number of aliphatic hydroxyl groups is 1. The van der Waals surface area contributed by atoms with E-state index in [9.17, 15) is 13.2 Å². The van der Waals surface area contributed by atoms with Crippen molar-refractivity contribution in [3.8, 4) is 11.8 Å². The maximum Gasteiger partial charge on any atom is 0.242 e. The zero-order chi connectivity index (χ0) is 15.2. The first-order chi connectivity index (χ1) is 9.36. The first-order valence-electron chi connectivity index (χ1n) is 6.04. The van der Waals surface area contributed by atoms with Crippen molar-refractivity contribution >= 4 is 21.4 Å². The molecular weight excluding hydrogens is 278 g/mol. The molecule has 20 heavy (non-hydrogen) atoms.